The monoisotopic (exact) mass is 515 g/mol. The Morgan fingerprint density at radius 3 is 2.76 bits per heavy atom. The number of piperidine rings is 2. The van der Waals surface area contributed by atoms with E-state index >= 15 is 0 Å². The van der Waals surface area contributed by atoms with Gasteiger partial charge < -0.3 is 25.0 Å². The lowest BCUT2D eigenvalue weighted by Crippen LogP contribution is -2.57. The normalized spacial score (nSPS) is 44.7. The molecule has 5 aliphatic rings. The summed E-state index contributed by atoms with van der Waals surface area (Å²) in [6, 6.07) is 0.573. The number of alkyl halides is 1. The van der Waals surface area contributed by atoms with Crippen molar-refractivity contribution < 1.29 is 19.1 Å². The van der Waals surface area contributed by atoms with E-state index in [1.165, 1.54) is 0 Å². The van der Waals surface area contributed by atoms with Crippen molar-refractivity contribution in [1.82, 2.24) is 26.2 Å². The molecule has 0 aromatic heterocycles. The lowest BCUT2D eigenvalue weighted by atomic mass is 9.70. The number of rotatable bonds is 5. The third-order valence-electron chi connectivity index (χ3n) is 8.32. The summed E-state index contributed by atoms with van der Waals surface area (Å²) in [5, 5.41) is 13.9. The van der Waals surface area contributed by atoms with Crippen LogP contribution >= 0.6 is 23.4 Å². The SMILES string of the molecule is COC1CNC(Cl)CC1C1CC(C)NCC1C(=O)NC1NC2CN(C(=O)[C@H]3CCOC3)CC2S1. The second kappa shape index (κ2) is 10.8. The van der Waals surface area contributed by atoms with Gasteiger partial charge >= 0.3 is 0 Å². The third kappa shape index (κ3) is 5.23. The molecule has 9 unspecified atom stereocenters. The number of nitrogens with one attached hydrogen (secondary N) is 4. The van der Waals surface area contributed by atoms with E-state index < -0.39 is 0 Å². The number of hydrogen-bond acceptors (Lipinski definition) is 8. The van der Waals surface area contributed by atoms with Crippen molar-refractivity contribution in [3.8, 4) is 0 Å². The average molecular weight is 516 g/mol. The molecule has 10 atom stereocenters. The number of fused-ring (bicyclic) bond motifs is 1. The highest BCUT2D eigenvalue weighted by Crippen LogP contribution is 2.38. The Labute approximate surface area is 211 Å². The largest absolute Gasteiger partial charge is 0.381 e. The van der Waals surface area contributed by atoms with Crippen LogP contribution in [0.25, 0.3) is 0 Å². The van der Waals surface area contributed by atoms with Crippen molar-refractivity contribution in [2.45, 2.75) is 60.6 Å². The first-order valence-corrected chi connectivity index (χ1v) is 14.0. The number of nitrogens with zero attached hydrogens (tertiary/aromatic N) is 1. The lowest BCUT2D eigenvalue weighted by molar-refractivity contribution is -0.134. The van der Waals surface area contributed by atoms with Gasteiger partial charge in [-0.15, -0.1) is 23.4 Å². The predicted octanol–water partition coefficient (Wildman–Crippen LogP) is 0.142. The van der Waals surface area contributed by atoms with Crippen molar-refractivity contribution in [3.63, 3.8) is 0 Å². The summed E-state index contributed by atoms with van der Waals surface area (Å²) in [6.45, 7) is 6.23. The fourth-order valence-electron chi connectivity index (χ4n) is 6.43. The van der Waals surface area contributed by atoms with Gasteiger partial charge in [0.2, 0.25) is 11.8 Å². The number of ether oxygens (including phenoxy) is 2. The molecule has 11 heteroatoms. The predicted molar refractivity (Wildman–Crippen MR) is 131 cm³/mol. The second-order valence-corrected chi connectivity index (χ2v) is 12.4. The molecule has 0 radical (unpaired) electrons. The molecule has 2 amide bonds. The van der Waals surface area contributed by atoms with E-state index in [2.05, 4.69) is 28.2 Å². The Balaban J connectivity index is 1.17. The molecular formula is C23H38ClN5O4S. The Hall–Kier alpha value is -0.620. The van der Waals surface area contributed by atoms with Gasteiger partial charge in [0.15, 0.2) is 0 Å². The fourth-order valence-corrected chi connectivity index (χ4v) is 8.14. The zero-order chi connectivity index (χ0) is 23.8. The first-order valence-electron chi connectivity index (χ1n) is 12.6. The van der Waals surface area contributed by atoms with Crippen molar-refractivity contribution >= 4 is 35.2 Å². The Morgan fingerprint density at radius 2 is 2.03 bits per heavy atom. The molecular weight excluding hydrogens is 478 g/mol. The minimum atomic E-state index is -0.124. The van der Waals surface area contributed by atoms with Gasteiger partial charge in [-0.2, -0.15) is 0 Å². The van der Waals surface area contributed by atoms with Crippen LogP contribution in [-0.2, 0) is 19.1 Å². The zero-order valence-corrected chi connectivity index (χ0v) is 21.6. The number of carbonyl (C=O) groups is 2. The van der Waals surface area contributed by atoms with Crippen LogP contribution < -0.4 is 21.3 Å². The highest BCUT2D eigenvalue weighted by molar-refractivity contribution is 8.00. The molecule has 5 heterocycles. The summed E-state index contributed by atoms with van der Waals surface area (Å²) in [5.41, 5.74) is -0.209. The number of thioether (sulfide) groups is 1. The highest BCUT2D eigenvalue weighted by atomic mass is 35.5. The Morgan fingerprint density at radius 1 is 1.18 bits per heavy atom. The molecule has 34 heavy (non-hydrogen) atoms. The van der Waals surface area contributed by atoms with Crippen LogP contribution in [-0.4, -0.2) is 97.7 Å². The molecule has 0 bridgehead atoms. The number of carbonyl (C=O) groups excluding carboxylic acids is 2. The maximum atomic E-state index is 13.5. The molecule has 5 saturated heterocycles. The van der Waals surface area contributed by atoms with Crippen LogP contribution in [0.2, 0.25) is 0 Å². The van der Waals surface area contributed by atoms with Gasteiger partial charge in [-0.3, -0.25) is 20.2 Å². The summed E-state index contributed by atoms with van der Waals surface area (Å²) in [5.74, 6) is 0.659. The maximum absolute atomic E-state index is 13.5. The molecule has 0 aliphatic carbocycles. The van der Waals surface area contributed by atoms with Gasteiger partial charge in [0.25, 0.3) is 0 Å². The number of hydrogen-bond donors (Lipinski definition) is 4. The summed E-state index contributed by atoms with van der Waals surface area (Å²) < 4.78 is 11.2. The zero-order valence-electron chi connectivity index (χ0n) is 20.0. The van der Waals surface area contributed by atoms with Crippen LogP contribution in [0, 0.1) is 23.7 Å². The minimum Gasteiger partial charge on any atom is -0.381 e. The summed E-state index contributed by atoms with van der Waals surface area (Å²) in [4.78, 5) is 28.2. The van der Waals surface area contributed by atoms with Gasteiger partial charge in [0.05, 0.1) is 30.0 Å². The van der Waals surface area contributed by atoms with E-state index in [1.54, 1.807) is 18.9 Å². The molecule has 5 aliphatic heterocycles. The standard InChI is InChI=1S/C23H38ClN5O4S/c1-12-5-14(15-6-20(24)26-8-18(15)32-2)16(7-25-12)21(30)28-23-27-17-9-29(10-19(17)34-23)22(31)13-3-4-33-11-13/h12-20,23,25-27H,3-11H2,1-2H3,(H,28,30)/t12?,13-,14?,15?,16?,17?,18?,19?,20?,23?/m0/s1. The average Bonchev–Trinajstić information content (AvgIpc) is 3.55. The van der Waals surface area contributed by atoms with Crippen LogP contribution in [0.1, 0.15) is 26.2 Å². The molecule has 0 spiro atoms. The minimum absolute atomic E-state index is 0.0101. The van der Waals surface area contributed by atoms with Gasteiger partial charge in [-0.1, -0.05) is 0 Å². The van der Waals surface area contributed by atoms with E-state index in [-0.39, 0.29) is 58.6 Å². The van der Waals surface area contributed by atoms with E-state index in [4.69, 9.17) is 21.1 Å². The molecule has 5 fully saturated rings. The van der Waals surface area contributed by atoms with Crippen molar-refractivity contribution in [3.05, 3.63) is 0 Å². The number of amides is 2. The third-order valence-corrected chi connectivity index (χ3v) is 10.0. The lowest BCUT2D eigenvalue weighted by Gasteiger charge is -2.45. The molecule has 0 aromatic carbocycles. The van der Waals surface area contributed by atoms with Crippen molar-refractivity contribution in [1.29, 1.82) is 0 Å². The molecule has 9 nitrogen and oxygen atoms in total. The summed E-state index contributed by atoms with van der Waals surface area (Å²) >= 11 is 8.19. The molecule has 0 aromatic rings. The van der Waals surface area contributed by atoms with E-state index in [9.17, 15) is 9.59 Å². The first kappa shape index (κ1) is 25.0. The van der Waals surface area contributed by atoms with Gasteiger partial charge in [-0.25, -0.2) is 0 Å². The quantitative estimate of drug-likeness (QED) is 0.303. The van der Waals surface area contributed by atoms with Crippen LogP contribution in [0.4, 0.5) is 0 Å². The van der Waals surface area contributed by atoms with Gasteiger partial charge in [0, 0.05) is 57.2 Å². The van der Waals surface area contributed by atoms with E-state index in [0.717, 1.165) is 25.8 Å². The van der Waals surface area contributed by atoms with Crippen LogP contribution in [0.15, 0.2) is 0 Å². The summed E-state index contributed by atoms with van der Waals surface area (Å²) in [6.07, 6.45) is 2.63. The maximum Gasteiger partial charge on any atom is 0.228 e. The van der Waals surface area contributed by atoms with Crippen LogP contribution in [0.3, 0.4) is 0 Å². The van der Waals surface area contributed by atoms with Crippen molar-refractivity contribution in [2.24, 2.45) is 23.7 Å². The van der Waals surface area contributed by atoms with E-state index in [1.807, 2.05) is 4.90 Å². The summed E-state index contributed by atoms with van der Waals surface area (Å²) in [7, 11) is 1.75. The van der Waals surface area contributed by atoms with Gasteiger partial charge in [0.1, 0.15) is 5.50 Å². The molecule has 4 N–H and O–H groups in total. The highest BCUT2D eigenvalue weighted by Gasteiger charge is 2.47. The molecule has 192 valence electrons. The fraction of sp³-hybridized carbons (Fsp3) is 0.913. The van der Waals surface area contributed by atoms with Gasteiger partial charge in [-0.05, 0) is 38.0 Å². The molecule has 5 rings (SSSR count). The Kier molecular flexibility index (Phi) is 7.94. The Bertz CT molecular complexity index is 745. The first-order chi connectivity index (χ1) is 16.4. The molecule has 0 saturated carbocycles. The topological polar surface area (TPSA) is 104 Å². The number of likely N-dealkylation sites (tertiary alicyclic amines) is 1. The smallest absolute Gasteiger partial charge is 0.228 e. The van der Waals surface area contributed by atoms with Crippen molar-refractivity contribution in [2.75, 3.05) is 46.5 Å². The number of halogens is 1. The van der Waals surface area contributed by atoms with Crippen LogP contribution in [0.5, 0.6) is 0 Å². The second-order valence-electron chi connectivity index (χ2n) is 10.5. The van der Waals surface area contributed by atoms with E-state index in [0.29, 0.717) is 44.1 Å². The number of methoxy groups -OCH3 is 1.